The van der Waals surface area contributed by atoms with E-state index in [1.54, 1.807) is 72.4 Å². The number of hydrogen-bond donors (Lipinski definition) is 1. The summed E-state index contributed by atoms with van der Waals surface area (Å²) in [4.78, 5) is 12.8. The molecule has 34 heavy (non-hydrogen) atoms. The lowest BCUT2D eigenvalue weighted by Crippen LogP contribution is -2.41. The number of sulfonamides is 1. The molecule has 0 unspecified atom stereocenters. The van der Waals surface area contributed by atoms with E-state index in [1.807, 2.05) is 13.0 Å². The fourth-order valence-electron chi connectivity index (χ4n) is 3.05. The average molecular weight is 602 g/mol. The van der Waals surface area contributed by atoms with Gasteiger partial charge in [-0.25, -0.2) is 8.42 Å². The highest BCUT2D eigenvalue weighted by molar-refractivity contribution is 9.10. The minimum atomic E-state index is -3.94. The van der Waals surface area contributed by atoms with E-state index in [2.05, 4.69) is 21.2 Å². The van der Waals surface area contributed by atoms with Crippen LogP contribution in [-0.2, 0) is 20.6 Å². The van der Waals surface area contributed by atoms with Gasteiger partial charge < -0.3 is 5.32 Å². The van der Waals surface area contributed by atoms with Crippen LogP contribution in [0.25, 0.3) is 0 Å². The van der Waals surface area contributed by atoms with Gasteiger partial charge in [0.1, 0.15) is 6.54 Å². The quantitative estimate of drug-likeness (QED) is 0.277. The summed E-state index contributed by atoms with van der Waals surface area (Å²) in [5, 5.41) is 4.00. The van der Waals surface area contributed by atoms with Gasteiger partial charge in [0.15, 0.2) is 0 Å². The molecular formula is C24H23BrCl2N2O3S2. The van der Waals surface area contributed by atoms with E-state index < -0.39 is 10.0 Å². The Balaban J connectivity index is 1.64. The van der Waals surface area contributed by atoms with Crippen LogP contribution in [0.2, 0.25) is 10.0 Å². The van der Waals surface area contributed by atoms with E-state index in [-0.39, 0.29) is 17.3 Å². The molecule has 10 heteroatoms. The van der Waals surface area contributed by atoms with Crippen LogP contribution >= 0.6 is 50.9 Å². The summed E-state index contributed by atoms with van der Waals surface area (Å²) in [5.74, 6) is 0.935. The molecule has 5 nitrogen and oxygen atoms in total. The molecular weight excluding hydrogens is 579 g/mol. The van der Waals surface area contributed by atoms with Gasteiger partial charge in [0.05, 0.1) is 10.6 Å². The van der Waals surface area contributed by atoms with Crippen molar-refractivity contribution in [2.45, 2.75) is 17.6 Å². The lowest BCUT2D eigenvalue weighted by atomic mass is 10.2. The number of benzene rings is 3. The molecule has 0 atom stereocenters. The Morgan fingerprint density at radius 3 is 2.47 bits per heavy atom. The third-order valence-electron chi connectivity index (χ3n) is 4.83. The van der Waals surface area contributed by atoms with Gasteiger partial charge in [-0.1, -0.05) is 69.0 Å². The molecule has 3 rings (SSSR count). The zero-order valence-electron chi connectivity index (χ0n) is 18.3. The molecule has 0 aromatic heterocycles. The number of carbonyl (C=O) groups is 1. The van der Waals surface area contributed by atoms with Crippen LogP contribution in [0.1, 0.15) is 11.1 Å². The van der Waals surface area contributed by atoms with Gasteiger partial charge in [0.2, 0.25) is 5.91 Å². The molecule has 0 aliphatic heterocycles. The molecule has 0 spiro atoms. The molecule has 1 N–H and O–H groups in total. The van der Waals surface area contributed by atoms with E-state index in [0.717, 1.165) is 15.4 Å². The molecule has 0 heterocycles. The summed E-state index contributed by atoms with van der Waals surface area (Å²) in [6, 6.07) is 18.8. The SMILES string of the molecule is Cc1ccc(S(=O)(=O)N(CC(=O)NCCSCc2ccc(Cl)cc2Cl)c2cccc(Br)c2)cc1. The smallest absolute Gasteiger partial charge is 0.264 e. The molecule has 180 valence electrons. The maximum atomic E-state index is 13.4. The van der Waals surface area contributed by atoms with Gasteiger partial charge in [-0.2, -0.15) is 11.8 Å². The second-order valence-corrected chi connectivity index (χ2v) is 12.2. The number of thioether (sulfide) groups is 1. The first-order valence-electron chi connectivity index (χ1n) is 10.3. The van der Waals surface area contributed by atoms with Crippen LogP contribution in [0.5, 0.6) is 0 Å². The van der Waals surface area contributed by atoms with E-state index in [0.29, 0.717) is 38.3 Å². The zero-order valence-corrected chi connectivity index (χ0v) is 23.0. The standard InChI is InChI=1S/C24H23BrCl2N2O3S2/c1-17-5-9-22(10-6-17)34(31,32)29(21-4-2-3-19(25)13-21)15-24(30)28-11-12-33-16-18-7-8-20(26)14-23(18)27/h2-10,13-14H,11-12,15-16H2,1H3,(H,28,30). The molecule has 0 radical (unpaired) electrons. The Kier molecular flexibility index (Phi) is 9.74. The normalized spacial score (nSPS) is 11.3. The lowest BCUT2D eigenvalue weighted by molar-refractivity contribution is -0.119. The molecule has 0 bridgehead atoms. The van der Waals surface area contributed by atoms with Crippen molar-refractivity contribution in [2.75, 3.05) is 23.1 Å². The van der Waals surface area contributed by atoms with Crippen molar-refractivity contribution < 1.29 is 13.2 Å². The first-order chi connectivity index (χ1) is 16.2. The highest BCUT2D eigenvalue weighted by Crippen LogP contribution is 2.27. The number of anilines is 1. The molecule has 0 saturated carbocycles. The van der Waals surface area contributed by atoms with Gasteiger partial charge in [0.25, 0.3) is 10.0 Å². The van der Waals surface area contributed by atoms with Gasteiger partial charge in [-0.05, 0) is 55.0 Å². The van der Waals surface area contributed by atoms with Crippen molar-refractivity contribution in [3.05, 3.63) is 92.4 Å². The summed E-state index contributed by atoms with van der Waals surface area (Å²) in [5.41, 5.74) is 2.31. The van der Waals surface area contributed by atoms with E-state index in [9.17, 15) is 13.2 Å². The van der Waals surface area contributed by atoms with Crippen molar-refractivity contribution in [2.24, 2.45) is 0 Å². The van der Waals surface area contributed by atoms with Gasteiger partial charge in [-0.3, -0.25) is 9.10 Å². The number of amides is 1. The van der Waals surface area contributed by atoms with Crippen LogP contribution in [0.3, 0.4) is 0 Å². The van der Waals surface area contributed by atoms with Crippen LogP contribution in [0, 0.1) is 6.92 Å². The third kappa shape index (κ3) is 7.39. The van der Waals surface area contributed by atoms with Gasteiger partial charge in [0, 0.05) is 32.6 Å². The fraction of sp³-hybridized carbons (Fsp3) is 0.208. The summed E-state index contributed by atoms with van der Waals surface area (Å²) < 4.78 is 28.6. The van der Waals surface area contributed by atoms with Crippen LogP contribution < -0.4 is 9.62 Å². The molecule has 0 aliphatic rings. The monoisotopic (exact) mass is 600 g/mol. The number of rotatable bonds is 10. The Labute approximate surface area is 223 Å². The summed E-state index contributed by atoms with van der Waals surface area (Å²) >= 11 is 17.1. The molecule has 3 aromatic rings. The Hall–Kier alpha value is -1.71. The molecule has 0 saturated heterocycles. The van der Waals surface area contributed by atoms with Crippen molar-refractivity contribution in [3.8, 4) is 0 Å². The van der Waals surface area contributed by atoms with Crippen LogP contribution in [-0.4, -0.2) is 33.2 Å². The number of carbonyl (C=O) groups excluding carboxylic acids is 1. The molecule has 1 amide bonds. The second kappa shape index (κ2) is 12.3. The summed E-state index contributed by atoms with van der Waals surface area (Å²) in [6.07, 6.45) is 0. The average Bonchev–Trinajstić information content (AvgIpc) is 2.78. The largest absolute Gasteiger partial charge is 0.354 e. The van der Waals surface area contributed by atoms with Crippen LogP contribution in [0.4, 0.5) is 5.69 Å². The van der Waals surface area contributed by atoms with Crippen molar-refractivity contribution >= 4 is 72.5 Å². The number of aryl methyl sites for hydroxylation is 1. The van der Waals surface area contributed by atoms with E-state index >= 15 is 0 Å². The third-order valence-corrected chi connectivity index (χ3v) is 8.71. The first kappa shape index (κ1) is 26.9. The predicted octanol–water partition coefficient (Wildman–Crippen LogP) is 6.31. The Bertz CT molecular complexity index is 1260. The van der Waals surface area contributed by atoms with Crippen LogP contribution in [0.15, 0.2) is 76.1 Å². The van der Waals surface area contributed by atoms with Crippen molar-refractivity contribution in [1.29, 1.82) is 0 Å². The highest BCUT2D eigenvalue weighted by Gasteiger charge is 2.27. The first-order valence-corrected chi connectivity index (χ1v) is 14.4. The minimum Gasteiger partial charge on any atom is -0.354 e. The predicted molar refractivity (Wildman–Crippen MR) is 145 cm³/mol. The van der Waals surface area contributed by atoms with E-state index in [1.165, 1.54) is 0 Å². The highest BCUT2D eigenvalue weighted by atomic mass is 79.9. The second-order valence-electron chi connectivity index (χ2n) is 7.44. The number of halogens is 3. The van der Waals surface area contributed by atoms with Crippen molar-refractivity contribution in [3.63, 3.8) is 0 Å². The zero-order chi connectivity index (χ0) is 24.7. The lowest BCUT2D eigenvalue weighted by Gasteiger charge is -2.24. The number of nitrogens with zero attached hydrogens (tertiary/aromatic N) is 1. The number of nitrogens with one attached hydrogen (secondary N) is 1. The van der Waals surface area contributed by atoms with Crippen molar-refractivity contribution in [1.82, 2.24) is 5.32 Å². The number of hydrogen-bond acceptors (Lipinski definition) is 4. The van der Waals surface area contributed by atoms with E-state index in [4.69, 9.17) is 23.2 Å². The maximum Gasteiger partial charge on any atom is 0.264 e. The van der Waals surface area contributed by atoms with Gasteiger partial charge in [-0.15, -0.1) is 0 Å². The summed E-state index contributed by atoms with van der Waals surface area (Å²) in [6.45, 7) is 1.95. The molecule has 3 aromatic carbocycles. The Morgan fingerprint density at radius 2 is 1.79 bits per heavy atom. The molecule has 0 aliphatic carbocycles. The Morgan fingerprint density at radius 1 is 1.06 bits per heavy atom. The minimum absolute atomic E-state index is 0.126. The molecule has 0 fully saturated rings. The van der Waals surface area contributed by atoms with Gasteiger partial charge >= 0.3 is 0 Å². The topological polar surface area (TPSA) is 66.5 Å². The summed E-state index contributed by atoms with van der Waals surface area (Å²) in [7, 11) is -3.94. The maximum absolute atomic E-state index is 13.4. The fourth-order valence-corrected chi connectivity index (χ4v) is 6.27.